The van der Waals surface area contributed by atoms with E-state index in [9.17, 15) is 4.79 Å². The van der Waals surface area contributed by atoms with Gasteiger partial charge in [0, 0.05) is 34.5 Å². The number of hydrogen-bond donors (Lipinski definition) is 1. The third kappa shape index (κ3) is 4.39. The number of halogens is 1. The summed E-state index contributed by atoms with van der Waals surface area (Å²) in [5, 5.41) is 8.41. The van der Waals surface area contributed by atoms with Crippen molar-refractivity contribution in [3.05, 3.63) is 51.3 Å². The van der Waals surface area contributed by atoms with Crippen LogP contribution >= 0.6 is 22.9 Å². The molecule has 0 spiro atoms. The number of thiazole rings is 1. The highest BCUT2D eigenvalue weighted by Gasteiger charge is 2.11. The zero-order valence-electron chi connectivity index (χ0n) is 13.0. The number of carbonyl (C=O) groups excluding carboxylic acids is 1. The topological polar surface area (TPSA) is 80.9 Å². The van der Waals surface area contributed by atoms with Crippen LogP contribution < -0.4 is 5.32 Å². The van der Waals surface area contributed by atoms with Crippen LogP contribution in [0.5, 0.6) is 0 Å². The Morgan fingerprint density at radius 2 is 2.12 bits per heavy atom. The predicted octanol–water partition coefficient (Wildman–Crippen LogP) is 3.40. The van der Waals surface area contributed by atoms with Crippen LogP contribution in [0.3, 0.4) is 0 Å². The number of aromatic nitrogens is 3. The zero-order chi connectivity index (χ0) is 16.9. The van der Waals surface area contributed by atoms with Gasteiger partial charge in [-0.25, -0.2) is 4.98 Å². The van der Waals surface area contributed by atoms with Gasteiger partial charge in [0.1, 0.15) is 0 Å². The van der Waals surface area contributed by atoms with Gasteiger partial charge in [-0.3, -0.25) is 4.79 Å². The molecule has 0 atom stereocenters. The molecule has 1 amide bonds. The summed E-state index contributed by atoms with van der Waals surface area (Å²) in [4.78, 5) is 21.4. The van der Waals surface area contributed by atoms with Gasteiger partial charge in [-0.15, -0.1) is 11.3 Å². The van der Waals surface area contributed by atoms with Gasteiger partial charge in [0.25, 0.3) is 0 Å². The van der Waals surface area contributed by atoms with Crippen LogP contribution in [-0.4, -0.2) is 21.0 Å². The molecule has 124 valence electrons. The minimum atomic E-state index is -0.0627. The highest BCUT2D eigenvalue weighted by atomic mass is 35.5. The van der Waals surface area contributed by atoms with E-state index in [-0.39, 0.29) is 5.91 Å². The number of amides is 1. The minimum absolute atomic E-state index is 0.0627. The summed E-state index contributed by atoms with van der Waals surface area (Å²) in [5.41, 5.74) is 0.819. The number of benzene rings is 1. The van der Waals surface area contributed by atoms with Crippen molar-refractivity contribution < 1.29 is 9.32 Å². The van der Waals surface area contributed by atoms with Crippen LogP contribution in [0.4, 0.5) is 0 Å². The Kier molecular flexibility index (Phi) is 5.22. The van der Waals surface area contributed by atoms with Gasteiger partial charge in [0.15, 0.2) is 0 Å². The van der Waals surface area contributed by atoms with E-state index in [1.54, 1.807) is 29.7 Å². The van der Waals surface area contributed by atoms with Crippen molar-refractivity contribution in [1.82, 2.24) is 20.4 Å². The quantitative estimate of drug-likeness (QED) is 0.726. The van der Waals surface area contributed by atoms with E-state index in [1.807, 2.05) is 19.1 Å². The predicted molar refractivity (Wildman–Crippen MR) is 91.8 cm³/mol. The van der Waals surface area contributed by atoms with Crippen molar-refractivity contribution in [2.24, 2.45) is 0 Å². The molecule has 0 saturated carbocycles. The molecule has 2 heterocycles. The molecule has 0 radical (unpaired) electrons. The first kappa shape index (κ1) is 16.6. The molecule has 3 aromatic rings. The smallest absolute Gasteiger partial charge is 0.227 e. The summed E-state index contributed by atoms with van der Waals surface area (Å²) in [6, 6.07) is 7.17. The Balaban J connectivity index is 1.49. The largest absolute Gasteiger partial charge is 0.351 e. The second-order valence-electron chi connectivity index (χ2n) is 5.14. The maximum absolute atomic E-state index is 11.9. The molecule has 24 heavy (non-hydrogen) atoms. The first-order chi connectivity index (χ1) is 11.6. The molecule has 0 aliphatic heterocycles. The number of hydrogen-bond acceptors (Lipinski definition) is 6. The first-order valence-corrected chi connectivity index (χ1v) is 8.56. The normalized spacial score (nSPS) is 10.8. The van der Waals surface area contributed by atoms with E-state index in [0.717, 1.165) is 15.4 Å². The zero-order valence-corrected chi connectivity index (χ0v) is 14.5. The molecule has 6 nitrogen and oxygen atoms in total. The maximum Gasteiger partial charge on any atom is 0.227 e. The fourth-order valence-corrected chi connectivity index (χ4v) is 2.91. The Hall–Kier alpha value is -2.25. The Labute approximate surface area is 147 Å². The summed E-state index contributed by atoms with van der Waals surface area (Å²) in [7, 11) is 0. The van der Waals surface area contributed by atoms with Gasteiger partial charge in [-0.05, 0) is 31.2 Å². The molecule has 1 aromatic carbocycles. The number of carbonyl (C=O) groups is 1. The fourth-order valence-electron chi connectivity index (χ4n) is 2.05. The first-order valence-electron chi connectivity index (χ1n) is 7.36. The van der Waals surface area contributed by atoms with E-state index in [1.165, 1.54) is 0 Å². The molecule has 0 unspecified atom stereocenters. The Morgan fingerprint density at radius 3 is 2.83 bits per heavy atom. The second kappa shape index (κ2) is 7.55. The summed E-state index contributed by atoms with van der Waals surface area (Å²) in [5.74, 6) is 0.859. The molecule has 0 bridgehead atoms. The highest BCUT2D eigenvalue weighted by molar-refractivity contribution is 7.11. The van der Waals surface area contributed by atoms with Gasteiger partial charge in [-0.1, -0.05) is 16.8 Å². The lowest BCUT2D eigenvalue weighted by Crippen LogP contribution is -2.22. The molecule has 0 saturated heterocycles. The monoisotopic (exact) mass is 362 g/mol. The molecule has 0 fully saturated rings. The Morgan fingerprint density at radius 1 is 1.33 bits per heavy atom. The highest BCUT2D eigenvalue weighted by Crippen LogP contribution is 2.19. The van der Waals surface area contributed by atoms with Crippen LogP contribution in [0, 0.1) is 6.92 Å². The lowest BCUT2D eigenvalue weighted by Gasteiger charge is -2.01. The van der Waals surface area contributed by atoms with Crippen molar-refractivity contribution in [2.75, 3.05) is 0 Å². The van der Waals surface area contributed by atoms with Crippen LogP contribution in [0.25, 0.3) is 11.4 Å². The Bertz CT molecular complexity index is 829. The average Bonchev–Trinajstić information content (AvgIpc) is 3.21. The summed E-state index contributed by atoms with van der Waals surface area (Å²) < 4.78 is 5.18. The van der Waals surface area contributed by atoms with Crippen molar-refractivity contribution in [2.45, 2.75) is 26.3 Å². The summed E-state index contributed by atoms with van der Waals surface area (Å²) in [6.45, 7) is 2.42. The van der Waals surface area contributed by atoms with E-state index in [4.69, 9.17) is 16.1 Å². The molecule has 3 rings (SSSR count). The van der Waals surface area contributed by atoms with Crippen LogP contribution in [0.15, 0.2) is 35.0 Å². The van der Waals surface area contributed by atoms with E-state index in [0.29, 0.717) is 36.1 Å². The average molecular weight is 363 g/mol. The molecular weight excluding hydrogens is 348 g/mol. The summed E-state index contributed by atoms with van der Waals surface area (Å²) >= 11 is 7.42. The van der Waals surface area contributed by atoms with Gasteiger partial charge in [-0.2, -0.15) is 4.98 Å². The van der Waals surface area contributed by atoms with Crippen molar-refractivity contribution in [3.8, 4) is 11.4 Å². The fraction of sp³-hybridized carbons (Fsp3) is 0.250. The number of aryl methyl sites for hydroxylation is 2. The lowest BCUT2D eigenvalue weighted by atomic mass is 10.2. The molecule has 1 N–H and O–H groups in total. The molecule has 0 aliphatic rings. The van der Waals surface area contributed by atoms with Gasteiger partial charge in [0.05, 0.1) is 11.6 Å². The summed E-state index contributed by atoms with van der Waals surface area (Å²) in [6.07, 6.45) is 2.46. The molecule has 2 aromatic heterocycles. The van der Waals surface area contributed by atoms with Crippen molar-refractivity contribution >= 4 is 28.8 Å². The second-order valence-corrected chi connectivity index (χ2v) is 6.90. The van der Waals surface area contributed by atoms with Crippen LogP contribution in [0.2, 0.25) is 5.02 Å². The third-order valence-electron chi connectivity index (χ3n) is 3.27. The number of nitrogens with one attached hydrogen (secondary N) is 1. The lowest BCUT2D eigenvalue weighted by molar-refractivity contribution is -0.121. The van der Waals surface area contributed by atoms with E-state index < -0.39 is 0 Å². The third-order valence-corrected chi connectivity index (χ3v) is 4.43. The van der Waals surface area contributed by atoms with E-state index in [2.05, 4.69) is 20.4 Å². The standard InChI is InChI=1S/C16H15ClN4O2S/c1-10-18-8-13(24-10)9-19-14(22)6-7-15-20-16(21-23-15)11-2-4-12(17)5-3-11/h2-5,8H,6-7,9H2,1H3,(H,19,22). The van der Waals surface area contributed by atoms with Gasteiger partial charge >= 0.3 is 0 Å². The SMILES string of the molecule is Cc1ncc(CNC(=O)CCc2nc(-c3ccc(Cl)cc3)no2)s1. The molecular formula is C16H15ClN4O2S. The van der Waals surface area contributed by atoms with Gasteiger partial charge in [0.2, 0.25) is 17.6 Å². The maximum atomic E-state index is 11.9. The molecule has 0 aliphatic carbocycles. The number of rotatable bonds is 6. The van der Waals surface area contributed by atoms with Gasteiger partial charge < -0.3 is 9.84 Å². The van der Waals surface area contributed by atoms with Crippen LogP contribution in [-0.2, 0) is 17.8 Å². The van der Waals surface area contributed by atoms with Crippen molar-refractivity contribution in [1.29, 1.82) is 0 Å². The molecule has 8 heteroatoms. The van der Waals surface area contributed by atoms with Crippen LogP contribution in [0.1, 0.15) is 22.2 Å². The minimum Gasteiger partial charge on any atom is -0.351 e. The number of nitrogens with zero attached hydrogens (tertiary/aromatic N) is 3. The van der Waals surface area contributed by atoms with Crippen molar-refractivity contribution in [3.63, 3.8) is 0 Å². The van der Waals surface area contributed by atoms with E-state index >= 15 is 0 Å².